The number of aliphatic hydroxyl groups is 1. The first kappa shape index (κ1) is 27.3. The van der Waals surface area contributed by atoms with E-state index < -0.39 is 22.7 Å². The van der Waals surface area contributed by atoms with Crippen molar-refractivity contribution in [2.45, 2.75) is 96.1 Å². The minimum absolute atomic E-state index is 0.0859. The minimum atomic E-state index is -2.61. The molecule has 1 aliphatic rings. The minimum Gasteiger partial charge on any atom is -0.411 e. The summed E-state index contributed by atoms with van der Waals surface area (Å²) in [5.41, 5.74) is 0. The van der Waals surface area contributed by atoms with Crippen molar-refractivity contribution in [2.24, 2.45) is 0 Å². The fourth-order valence-electron chi connectivity index (χ4n) is 4.54. The third-order valence-corrected chi connectivity index (χ3v) is 17.2. The van der Waals surface area contributed by atoms with Crippen LogP contribution >= 0.6 is 0 Å². The Kier molecular flexibility index (Phi) is 8.03. The summed E-state index contributed by atoms with van der Waals surface area (Å²) in [6.07, 6.45) is -1.31. The monoisotopic (exact) mass is 500 g/mol. The van der Waals surface area contributed by atoms with E-state index in [9.17, 15) is 5.11 Å². The molecule has 0 spiro atoms. The van der Waals surface area contributed by atoms with Crippen LogP contribution in [-0.4, -0.2) is 52.8 Å². The van der Waals surface area contributed by atoms with Crippen LogP contribution in [0.2, 0.25) is 23.2 Å². The molecule has 0 saturated carbocycles. The summed E-state index contributed by atoms with van der Waals surface area (Å²) >= 11 is 0. The summed E-state index contributed by atoms with van der Waals surface area (Å²) < 4.78 is 19.4. The van der Waals surface area contributed by atoms with E-state index in [0.717, 1.165) is 0 Å². The van der Waals surface area contributed by atoms with E-state index in [4.69, 9.17) is 13.6 Å². The van der Waals surface area contributed by atoms with Gasteiger partial charge in [0.25, 0.3) is 8.32 Å². The van der Waals surface area contributed by atoms with Gasteiger partial charge >= 0.3 is 0 Å². The molecule has 2 aromatic rings. The van der Waals surface area contributed by atoms with Gasteiger partial charge in [-0.25, -0.2) is 0 Å². The summed E-state index contributed by atoms with van der Waals surface area (Å²) in [4.78, 5) is 0. The van der Waals surface area contributed by atoms with Gasteiger partial charge in [0, 0.05) is 0 Å². The van der Waals surface area contributed by atoms with Crippen LogP contribution in [-0.2, 0) is 13.6 Å². The molecule has 1 N–H and O–H groups in total. The molecule has 4 atom stereocenters. The number of ether oxygens (including phenoxy) is 1. The zero-order chi connectivity index (χ0) is 25.4. The molecule has 0 aliphatic carbocycles. The molecule has 3 rings (SSSR count). The van der Waals surface area contributed by atoms with Crippen LogP contribution in [0.3, 0.4) is 0 Å². The second kappa shape index (κ2) is 9.99. The first-order valence-corrected chi connectivity index (χ1v) is 17.3. The quantitative estimate of drug-likeness (QED) is 0.384. The number of rotatable bonds is 9. The molecule has 0 amide bonds. The van der Waals surface area contributed by atoms with Crippen molar-refractivity contribution < 1.29 is 18.7 Å². The molecule has 6 heteroatoms. The first-order chi connectivity index (χ1) is 15.7. The largest absolute Gasteiger partial charge is 0.411 e. The van der Waals surface area contributed by atoms with Crippen molar-refractivity contribution in [3.05, 3.63) is 60.7 Å². The van der Waals surface area contributed by atoms with Crippen LogP contribution in [0.25, 0.3) is 0 Å². The van der Waals surface area contributed by atoms with Crippen LogP contribution < -0.4 is 10.4 Å². The maximum absolute atomic E-state index is 11.0. The molecule has 1 fully saturated rings. The summed E-state index contributed by atoms with van der Waals surface area (Å²) in [6.45, 7) is 20.3. The number of benzene rings is 2. The SMILES string of the molecule is C[C@H](O[Si](C)(C)C(C)(C)C)[C@H](O)[C@H]1O[C@@H]1CO[Si](c1ccccc1)(c1ccccc1)C(C)(C)C. The van der Waals surface area contributed by atoms with Gasteiger partial charge in [-0.05, 0) is 40.5 Å². The van der Waals surface area contributed by atoms with E-state index in [-0.39, 0.29) is 28.4 Å². The molecule has 34 heavy (non-hydrogen) atoms. The number of epoxide rings is 1. The standard InChI is InChI=1S/C28H44O4Si2/c1-21(32-33(8,9)27(2,3)4)25(29)26-24(31-26)20-30-34(28(5,6)7,22-16-12-10-13-17-22)23-18-14-11-15-19-23/h10-19,21,24-26,29H,20H2,1-9H3/t21-,24+,25-,26-/m0/s1. The van der Waals surface area contributed by atoms with Gasteiger partial charge in [-0.2, -0.15) is 0 Å². The Balaban J connectivity index is 1.78. The second-order valence-electron chi connectivity index (χ2n) is 12.2. The number of hydrogen-bond donors (Lipinski definition) is 1. The summed E-state index contributed by atoms with van der Waals surface area (Å²) in [6, 6.07) is 21.3. The van der Waals surface area contributed by atoms with Crippen molar-refractivity contribution in [1.82, 2.24) is 0 Å². The van der Waals surface area contributed by atoms with Gasteiger partial charge in [0.2, 0.25) is 0 Å². The molecule has 1 saturated heterocycles. The van der Waals surface area contributed by atoms with Crippen molar-refractivity contribution in [2.75, 3.05) is 6.61 Å². The lowest BCUT2D eigenvalue weighted by molar-refractivity contribution is 0.0205. The van der Waals surface area contributed by atoms with Crippen LogP contribution in [0.1, 0.15) is 48.5 Å². The van der Waals surface area contributed by atoms with Gasteiger partial charge in [-0.3, -0.25) is 0 Å². The smallest absolute Gasteiger partial charge is 0.261 e. The Morgan fingerprint density at radius 3 is 1.74 bits per heavy atom. The van der Waals surface area contributed by atoms with E-state index in [1.807, 2.05) is 6.92 Å². The van der Waals surface area contributed by atoms with Crippen molar-refractivity contribution in [3.63, 3.8) is 0 Å². The predicted molar refractivity (Wildman–Crippen MR) is 146 cm³/mol. The van der Waals surface area contributed by atoms with E-state index in [0.29, 0.717) is 6.61 Å². The Hall–Kier alpha value is -1.29. The highest BCUT2D eigenvalue weighted by atomic mass is 28.4. The van der Waals surface area contributed by atoms with Gasteiger partial charge < -0.3 is 18.7 Å². The predicted octanol–water partition coefficient (Wildman–Crippen LogP) is 5.10. The van der Waals surface area contributed by atoms with Crippen molar-refractivity contribution in [1.29, 1.82) is 0 Å². The van der Waals surface area contributed by atoms with Gasteiger partial charge in [0.05, 0.1) is 12.7 Å². The molecule has 2 aromatic carbocycles. The van der Waals surface area contributed by atoms with Crippen molar-refractivity contribution >= 4 is 27.0 Å². The Labute approximate surface area is 208 Å². The lowest BCUT2D eigenvalue weighted by Crippen LogP contribution is -2.66. The third-order valence-electron chi connectivity index (χ3n) is 7.61. The summed E-state index contributed by atoms with van der Waals surface area (Å²) in [5, 5.41) is 13.5. The average molecular weight is 501 g/mol. The highest BCUT2D eigenvalue weighted by Crippen LogP contribution is 2.40. The van der Waals surface area contributed by atoms with Crippen LogP contribution in [0, 0.1) is 0 Å². The Morgan fingerprint density at radius 2 is 1.32 bits per heavy atom. The molecule has 188 valence electrons. The molecule has 1 aliphatic heterocycles. The number of hydrogen-bond acceptors (Lipinski definition) is 4. The topological polar surface area (TPSA) is 51.2 Å². The lowest BCUT2D eigenvalue weighted by Gasteiger charge is -2.43. The molecular formula is C28H44O4Si2. The third kappa shape index (κ3) is 5.58. The summed E-state index contributed by atoms with van der Waals surface area (Å²) in [7, 11) is -4.59. The lowest BCUT2D eigenvalue weighted by atomic mass is 10.1. The molecule has 4 nitrogen and oxygen atoms in total. The normalized spacial score (nSPS) is 21.2. The fraction of sp³-hybridized carbons (Fsp3) is 0.571. The Bertz CT molecular complexity index is 879. The van der Waals surface area contributed by atoms with Gasteiger partial charge in [0.1, 0.15) is 18.3 Å². The maximum Gasteiger partial charge on any atom is 0.261 e. The van der Waals surface area contributed by atoms with Gasteiger partial charge in [0.15, 0.2) is 8.32 Å². The zero-order valence-corrected chi connectivity index (χ0v) is 24.5. The van der Waals surface area contributed by atoms with Crippen molar-refractivity contribution in [3.8, 4) is 0 Å². The number of aliphatic hydroxyl groups excluding tert-OH is 1. The van der Waals surface area contributed by atoms with E-state index >= 15 is 0 Å². The van der Waals surface area contributed by atoms with Crippen LogP contribution in [0.5, 0.6) is 0 Å². The molecule has 0 aromatic heterocycles. The molecule has 1 heterocycles. The van der Waals surface area contributed by atoms with Crippen LogP contribution in [0.4, 0.5) is 0 Å². The highest BCUT2D eigenvalue weighted by molar-refractivity contribution is 6.99. The second-order valence-corrected chi connectivity index (χ2v) is 21.2. The fourth-order valence-corrected chi connectivity index (χ4v) is 10.5. The van der Waals surface area contributed by atoms with Gasteiger partial charge in [-0.1, -0.05) is 102 Å². The van der Waals surface area contributed by atoms with E-state index in [1.165, 1.54) is 10.4 Å². The van der Waals surface area contributed by atoms with E-state index in [2.05, 4.69) is 115 Å². The van der Waals surface area contributed by atoms with Crippen LogP contribution in [0.15, 0.2) is 60.7 Å². The van der Waals surface area contributed by atoms with E-state index in [1.54, 1.807) is 0 Å². The first-order valence-electron chi connectivity index (χ1n) is 12.5. The summed E-state index contributed by atoms with van der Waals surface area (Å²) in [5.74, 6) is 0. The maximum atomic E-state index is 11.0. The average Bonchev–Trinajstić information content (AvgIpc) is 3.52. The molecule has 0 radical (unpaired) electrons. The highest BCUT2D eigenvalue weighted by Gasteiger charge is 2.54. The molecular weight excluding hydrogens is 456 g/mol. The van der Waals surface area contributed by atoms with Gasteiger partial charge in [-0.15, -0.1) is 0 Å². The molecule has 0 bridgehead atoms. The Morgan fingerprint density at radius 1 is 0.853 bits per heavy atom. The molecule has 0 unspecified atom stereocenters. The zero-order valence-electron chi connectivity index (χ0n) is 22.5.